The van der Waals surface area contributed by atoms with E-state index in [4.69, 9.17) is 9.26 Å². The number of ether oxygens (including phenoxy) is 1. The van der Waals surface area contributed by atoms with Crippen LogP contribution in [0.15, 0.2) is 33.9 Å². The van der Waals surface area contributed by atoms with Crippen molar-refractivity contribution in [2.24, 2.45) is 7.05 Å². The highest BCUT2D eigenvalue weighted by atomic mass is 32.2. The van der Waals surface area contributed by atoms with E-state index in [-0.39, 0.29) is 0 Å². The van der Waals surface area contributed by atoms with E-state index in [1.807, 2.05) is 29.8 Å². The third-order valence-corrected chi connectivity index (χ3v) is 4.33. The smallest absolute Gasteiger partial charge is 0.237 e. The molecule has 1 aromatic carbocycles. The number of thioether (sulfide) groups is 1. The maximum atomic E-state index is 5.17. The van der Waals surface area contributed by atoms with E-state index < -0.39 is 0 Å². The summed E-state index contributed by atoms with van der Waals surface area (Å²) in [6, 6.07) is 8.12. The van der Waals surface area contributed by atoms with Gasteiger partial charge in [0.05, 0.1) is 5.75 Å². The lowest BCUT2D eigenvalue weighted by molar-refractivity contribution is 0.174. The molecule has 0 aliphatic heterocycles. The molecular weight excluding hydrogens is 314 g/mol. The van der Waals surface area contributed by atoms with Gasteiger partial charge in [0, 0.05) is 19.7 Å². The fourth-order valence-corrected chi connectivity index (χ4v) is 2.91. The molecule has 0 saturated heterocycles. The average molecular weight is 331 g/mol. The summed E-state index contributed by atoms with van der Waals surface area (Å²) in [5.41, 5.74) is 2.25. The number of hydrogen-bond donors (Lipinski definition) is 0. The minimum atomic E-state index is 0.343. The first kappa shape index (κ1) is 15.7. The Balaban J connectivity index is 1.73. The Hall–Kier alpha value is -2.19. The van der Waals surface area contributed by atoms with E-state index in [0.717, 1.165) is 16.5 Å². The van der Waals surface area contributed by atoms with E-state index in [1.165, 1.54) is 17.3 Å². The lowest BCUT2D eigenvalue weighted by Gasteiger charge is -2.05. The van der Waals surface area contributed by atoms with Gasteiger partial charge in [0.1, 0.15) is 6.61 Å². The predicted molar refractivity (Wildman–Crippen MR) is 85.7 cm³/mol. The summed E-state index contributed by atoms with van der Waals surface area (Å²) in [4.78, 5) is 4.24. The zero-order valence-corrected chi connectivity index (χ0v) is 14.0. The van der Waals surface area contributed by atoms with Crippen LogP contribution in [0.2, 0.25) is 0 Å². The van der Waals surface area contributed by atoms with Crippen molar-refractivity contribution in [1.29, 1.82) is 0 Å². The Morgan fingerprint density at radius 1 is 1.26 bits per heavy atom. The topological polar surface area (TPSA) is 78.9 Å². The SMILES string of the molecule is COCc1noc(CSc2nnc(-c3ccccc3C)n2C)n1. The molecule has 0 fully saturated rings. The molecule has 0 aliphatic rings. The maximum Gasteiger partial charge on any atom is 0.237 e. The fraction of sp³-hybridized carbons (Fsp3) is 0.333. The molecule has 3 aromatic rings. The lowest BCUT2D eigenvalue weighted by atomic mass is 10.1. The number of methoxy groups -OCH3 is 1. The van der Waals surface area contributed by atoms with Crippen LogP contribution in [0.3, 0.4) is 0 Å². The van der Waals surface area contributed by atoms with Crippen LogP contribution in [-0.4, -0.2) is 32.0 Å². The van der Waals surface area contributed by atoms with Crippen molar-refractivity contribution < 1.29 is 9.26 Å². The third-order valence-electron chi connectivity index (χ3n) is 3.33. The number of hydrogen-bond acceptors (Lipinski definition) is 7. The van der Waals surface area contributed by atoms with Crippen LogP contribution in [0.25, 0.3) is 11.4 Å². The van der Waals surface area contributed by atoms with E-state index in [0.29, 0.717) is 24.1 Å². The molecule has 0 spiro atoms. The van der Waals surface area contributed by atoms with Crippen LogP contribution in [0.4, 0.5) is 0 Å². The Morgan fingerprint density at radius 3 is 2.87 bits per heavy atom. The molecule has 7 nitrogen and oxygen atoms in total. The van der Waals surface area contributed by atoms with Crippen molar-refractivity contribution in [2.75, 3.05) is 7.11 Å². The number of aromatic nitrogens is 5. The highest BCUT2D eigenvalue weighted by Crippen LogP contribution is 2.26. The summed E-state index contributed by atoms with van der Waals surface area (Å²) in [6.07, 6.45) is 0. The summed E-state index contributed by atoms with van der Waals surface area (Å²) in [7, 11) is 3.55. The maximum absolute atomic E-state index is 5.17. The van der Waals surface area contributed by atoms with Crippen LogP contribution in [0.1, 0.15) is 17.3 Å². The summed E-state index contributed by atoms with van der Waals surface area (Å²) in [5, 5.41) is 13.2. The van der Waals surface area contributed by atoms with Gasteiger partial charge in [-0.3, -0.25) is 0 Å². The van der Waals surface area contributed by atoms with E-state index in [2.05, 4.69) is 33.3 Å². The van der Waals surface area contributed by atoms with Crippen LogP contribution in [-0.2, 0) is 24.1 Å². The quantitative estimate of drug-likeness (QED) is 0.642. The summed E-state index contributed by atoms with van der Waals surface area (Å²) in [5.74, 6) is 2.47. The molecule has 0 aliphatic carbocycles. The highest BCUT2D eigenvalue weighted by Gasteiger charge is 2.14. The van der Waals surface area contributed by atoms with E-state index in [9.17, 15) is 0 Å². The molecule has 0 amide bonds. The van der Waals surface area contributed by atoms with Crippen molar-refractivity contribution in [3.05, 3.63) is 41.5 Å². The second kappa shape index (κ2) is 6.93. The lowest BCUT2D eigenvalue weighted by Crippen LogP contribution is -1.96. The molecule has 8 heteroatoms. The van der Waals surface area contributed by atoms with E-state index >= 15 is 0 Å². The van der Waals surface area contributed by atoms with Gasteiger partial charge in [-0.15, -0.1) is 10.2 Å². The second-order valence-electron chi connectivity index (χ2n) is 5.01. The number of rotatable bonds is 6. The van der Waals surface area contributed by atoms with Crippen LogP contribution in [0, 0.1) is 6.92 Å². The van der Waals surface area contributed by atoms with Crippen molar-refractivity contribution >= 4 is 11.8 Å². The first-order valence-corrected chi connectivity index (χ1v) is 8.06. The van der Waals surface area contributed by atoms with Gasteiger partial charge in [0.15, 0.2) is 16.8 Å². The van der Waals surface area contributed by atoms with Crippen LogP contribution in [0.5, 0.6) is 0 Å². The Morgan fingerprint density at radius 2 is 2.09 bits per heavy atom. The van der Waals surface area contributed by atoms with Gasteiger partial charge >= 0.3 is 0 Å². The zero-order chi connectivity index (χ0) is 16.2. The van der Waals surface area contributed by atoms with Crippen LogP contribution >= 0.6 is 11.8 Å². The minimum absolute atomic E-state index is 0.343. The van der Waals surface area contributed by atoms with Crippen molar-refractivity contribution in [3.8, 4) is 11.4 Å². The number of aryl methyl sites for hydroxylation is 1. The van der Waals surface area contributed by atoms with Crippen molar-refractivity contribution in [1.82, 2.24) is 24.9 Å². The second-order valence-corrected chi connectivity index (χ2v) is 5.95. The van der Waals surface area contributed by atoms with Crippen LogP contribution < -0.4 is 0 Å². The van der Waals surface area contributed by atoms with Gasteiger partial charge in [0.25, 0.3) is 0 Å². The minimum Gasteiger partial charge on any atom is -0.377 e. The Labute approximate surface area is 138 Å². The predicted octanol–water partition coefficient (Wildman–Crippen LogP) is 2.61. The molecule has 0 bridgehead atoms. The summed E-state index contributed by atoms with van der Waals surface area (Å²) < 4.78 is 12.1. The van der Waals surface area contributed by atoms with Crippen molar-refractivity contribution in [3.63, 3.8) is 0 Å². The normalized spacial score (nSPS) is 11.1. The van der Waals surface area contributed by atoms with Crippen molar-refractivity contribution in [2.45, 2.75) is 24.4 Å². The molecule has 3 rings (SSSR count). The first-order chi connectivity index (χ1) is 11.2. The van der Waals surface area contributed by atoms with Gasteiger partial charge in [-0.1, -0.05) is 41.2 Å². The molecule has 0 radical (unpaired) electrons. The molecule has 23 heavy (non-hydrogen) atoms. The zero-order valence-electron chi connectivity index (χ0n) is 13.2. The van der Waals surface area contributed by atoms with Gasteiger partial charge in [-0.25, -0.2) is 0 Å². The number of benzene rings is 1. The molecule has 2 heterocycles. The molecular formula is C15H17N5O2S. The average Bonchev–Trinajstić information content (AvgIpc) is 3.13. The molecule has 0 saturated carbocycles. The van der Waals surface area contributed by atoms with Gasteiger partial charge in [-0.2, -0.15) is 4.98 Å². The monoisotopic (exact) mass is 331 g/mol. The molecule has 2 aromatic heterocycles. The first-order valence-electron chi connectivity index (χ1n) is 7.07. The molecule has 0 unspecified atom stereocenters. The molecule has 120 valence electrons. The van der Waals surface area contributed by atoms with E-state index in [1.54, 1.807) is 7.11 Å². The third kappa shape index (κ3) is 3.43. The Kier molecular flexibility index (Phi) is 4.73. The fourth-order valence-electron chi connectivity index (χ4n) is 2.16. The van der Waals surface area contributed by atoms with Gasteiger partial charge in [-0.05, 0) is 12.5 Å². The molecule has 0 N–H and O–H groups in total. The largest absolute Gasteiger partial charge is 0.377 e. The van der Waals surface area contributed by atoms with Gasteiger partial charge < -0.3 is 13.8 Å². The Bertz CT molecular complexity index is 799. The number of nitrogens with zero attached hydrogens (tertiary/aromatic N) is 5. The summed E-state index contributed by atoms with van der Waals surface area (Å²) in [6.45, 7) is 2.40. The highest BCUT2D eigenvalue weighted by molar-refractivity contribution is 7.98. The molecule has 0 atom stereocenters. The standard InChI is InChI=1S/C15H17N5O2S/c1-10-6-4-5-7-11(10)14-17-18-15(20(14)2)23-9-13-16-12(8-21-3)19-22-13/h4-7H,8-9H2,1-3H3. The van der Waals surface area contributed by atoms with Gasteiger partial charge in [0.2, 0.25) is 5.89 Å². The summed E-state index contributed by atoms with van der Waals surface area (Å²) >= 11 is 1.51.